The van der Waals surface area contributed by atoms with E-state index in [1.165, 1.54) is 4.68 Å². The number of nitrogens with one attached hydrogen (secondary N) is 1. The summed E-state index contributed by atoms with van der Waals surface area (Å²) in [5, 5.41) is 8.49. The zero-order chi connectivity index (χ0) is 22.9. The minimum Gasteiger partial charge on any atom is -0.349 e. The van der Waals surface area contributed by atoms with Crippen molar-refractivity contribution in [3.63, 3.8) is 0 Å². The third-order valence-corrected chi connectivity index (χ3v) is 7.48. The summed E-state index contributed by atoms with van der Waals surface area (Å²) >= 11 is 0. The van der Waals surface area contributed by atoms with Crippen LogP contribution in [0.1, 0.15) is 64.1 Å². The predicted molar refractivity (Wildman–Crippen MR) is 122 cm³/mol. The molecule has 2 aliphatic carbocycles. The van der Waals surface area contributed by atoms with Gasteiger partial charge in [-0.15, -0.1) is 5.10 Å². The highest BCUT2D eigenvalue weighted by Crippen LogP contribution is 2.39. The molecule has 1 aliphatic heterocycles. The van der Waals surface area contributed by atoms with E-state index in [2.05, 4.69) is 10.4 Å². The van der Waals surface area contributed by atoms with Crippen LogP contribution in [0.2, 0.25) is 0 Å². The van der Waals surface area contributed by atoms with Gasteiger partial charge in [0, 0.05) is 17.3 Å². The quantitative estimate of drug-likeness (QED) is 0.660. The topological polar surface area (TPSA) is 102 Å². The Morgan fingerprint density at radius 2 is 1.88 bits per heavy atom. The number of nitrogens with zero attached hydrogens (tertiary/aromatic N) is 5. The number of fused-ring (bicyclic) bond motifs is 4. The normalized spacial score (nSPS) is 24.7. The maximum absolute atomic E-state index is 13.6. The van der Waals surface area contributed by atoms with Crippen molar-refractivity contribution in [2.45, 2.75) is 82.5 Å². The first-order chi connectivity index (χ1) is 15.9. The maximum Gasteiger partial charge on any atom is 0.352 e. The monoisotopic (exact) mass is 448 g/mol. The number of hydrogen-bond donors (Lipinski definition) is 1. The highest BCUT2D eigenvalue weighted by atomic mass is 16.2. The van der Waals surface area contributed by atoms with Crippen LogP contribution in [-0.2, 0) is 16.1 Å². The first kappa shape index (κ1) is 20.4. The van der Waals surface area contributed by atoms with Crippen LogP contribution in [0.3, 0.4) is 0 Å². The summed E-state index contributed by atoms with van der Waals surface area (Å²) in [4.78, 5) is 46.3. The summed E-state index contributed by atoms with van der Waals surface area (Å²) in [5.41, 5.74) is 0.00454. The largest absolute Gasteiger partial charge is 0.352 e. The summed E-state index contributed by atoms with van der Waals surface area (Å²) in [7, 11) is 0. The van der Waals surface area contributed by atoms with E-state index >= 15 is 0 Å². The molecule has 2 aromatic heterocycles. The van der Waals surface area contributed by atoms with Crippen molar-refractivity contribution in [3.05, 3.63) is 40.6 Å². The van der Waals surface area contributed by atoms with Crippen LogP contribution in [0.25, 0.3) is 16.6 Å². The zero-order valence-electron chi connectivity index (χ0n) is 19.0. The molecule has 2 saturated carbocycles. The molecule has 172 valence electrons. The van der Waals surface area contributed by atoms with Gasteiger partial charge in [0.2, 0.25) is 11.8 Å². The Hall–Kier alpha value is -3.23. The van der Waals surface area contributed by atoms with Gasteiger partial charge in [-0.05, 0) is 51.7 Å². The SMILES string of the molecule is CC1(C)C(=O)N[C@@H]2CCCC[C@@H]2N1C(=O)Cn1nc2c3ccccc3nc(C3CC3)n2c1=O. The third kappa shape index (κ3) is 3.08. The molecule has 6 rings (SSSR count). The molecule has 3 aromatic rings. The van der Waals surface area contributed by atoms with Crippen molar-refractivity contribution in [2.24, 2.45) is 0 Å². The van der Waals surface area contributed by atoms with Crippen LogP contribution >= 0.6 is 0 Å². The van der Waals surface area contributed by atoms with E-state index in [4.69, 9.17) is 4.98 Å². The fourth-order valence-electron chi connectivity index (χ4n) is 5.60. The lowest BCUT2D eigenvalue weighted by molar-refractivity contribution is -0.158. The molecule has 0 bridgehead atoms. The van der Waals surface area contributed by atoms with E-state index in [0.29, 0.717) is 5.65 Å². The summed E-state index contributed by atoms with van der Waals surface area (Å²) < 4.78 is 2.82. The van der Waals surface area contributed by atoms with E-state index in [0.717, 1.165) is 55.3 Å². The fraction of sp³-hybridized carbons (Fsp3) is 0.542. The second-order valence-electron chi connectivity index (χ2n) is 10.1. The molecular weight excluding hydrogens is 420 g/mol. The Morgan fingerprint density at radius 3 is 2.67 bits per heavy atom. The van der Waals surface area contributed by atoms with Crippen LogP contribution in [0.15, 0.2) is 29.1 Å². The number of carbonyl (C=O) groups excluding carboxylic acids is 2. The number of para-hydroxylation sites is 1. The molecule has 2 amide bonds. The average molecular weight is 449 g/mol. The second kappa shape index (κ2) is 7.13. The number of hydrogen-bond acceptors (Lipinski definition) is 5. The Morgan fingerprint density at radius 1 is 1.12 bits per heavy atom. The molecule has 2 atom stereocenters. The van der Waals surface area contributed by atoms with Crippen LogP contribution < -0.4 is 11.0 Å². The van der Waals surface area contributed by atoms with Gasteiger partial charge in [-0.25, -0.2) is 18.9 Å². The van der Waals surface area contributed by atoms with Crippen LogP contribution in [-0.4, -0.2) is 53.5 Å². The van der Waals surface area contributed by atoms with Crippen LogP contribution in [0, 0.1) is 0 Å². The van der Waals surface area contributed by atoms with Crippen molar-refractivity contribution in [1.82, 2.24) is 29.4 Å². The molecular formula is C24H28N6O3. The molecule has 9 heteroatoms. The summed E-state index contributed by atoms with van der Waals surface area (Å²) in [5.74, 6) is 0.573. The molecule has 9 nitrogen and oxygen atoms in total. The summed E-state index contributed by atoms with van der Waals surface area (Å²) in [6.45, 7) is 3.36. The Labute approximate surface area is 190 Å². The molecule has 1 N–H and O–H groups in total. The minimum absolute atomic E-state index is 0.0318. The number of aromatic nitrogens is 4. The van der Waals surface area contributed by atoms with Gasteiger partial charge in [-0.2, -0.15) is 0 Å². The zero-order valence-corrected chi connectivity index (χ0v) is 19.0. The lowest BCUT2D eigenvalue weighted by atomic mass is 9.82. The summed E-state index contributed by atoms with van der Waals surface area (Å²) in [6.07, 6.45) is 5.77. The number of benzene rings is 1. The molecule has 3 fully saturated rings. The Balaban J connectivity index is 1.43. The molecule has 0 radical (unpaired) electrons. The van der Waals surface area contributed by atoms with E-state index in [-0.39, 0.29) is 42.1 Å². The average Bonchev–Trinajstić information content (AvgIpc) is 3.59. The molecule has 33 heavy (non-hydrogen) atoms. The van der Waals surface area contributed by atoms with Crippen molar-refractivity contribution < 1.29 is 9.59 Å². The molecule has 0 unspecified atom stereocenters. The highest BCUT2D eigenvalue weighted by Gasteiger charge is 2.50. The lowest BCUT2D eigenvalue weighted by Crippen LogP contribution is -2.72. The van der Waals surface area contributed by atoms with Gasteiger partial charge in [-0.3, -0.25) is 9.59 Å². The van der Waals surface area contributed by atoms with E-state index in [1.807, 2.05) is 24.3 Å². The first-order valence-electron chi connectivity index (χ1n) is 11.9. The highest BCUT2D eigenvalue weighted by molar-refractivity contribution is 5.93. The van der Waals surface area contributed by atoms with Gasteiger partial charge < -0.3 is 10.2 Å². The lowest BCUT2D eigenvalue weighted by Gasteiger charge is -2.52. The molecule has 3 heterocycles. The number of piperazine rings is 1. The standard InChI is InChI=1S/C24H28N6O3/c1-24(2)22(32)26-17-9-5-6-10-18(17)30(24)19(31)13-28-23(33)29-20(14-11-12-14)25-16-8-4-3-7-15(16)21(29)27-28/h3-4,7-8,14,17-18H,5-6,9-13H2,1-2H3,(H,26,32)/t17-,18+/m1/s1. The second-order valence-corrected chi connectivity index (χ2v) is 10.1. The first-order valence-corrected chi connectivity index (χ1v) is 11.9. The number of amides is 2. The third-order valence-electron chi connectivity index (χ3n) is 7.48. The molecule has 1 aromatic carbocycles. The van der Waals surface area contributed by atoms with Crippen LogP contribution in [0.5, 0.6) is 0 Å². The van der Waals surface area contributed by atoms with Crippen molar-refractivity contribution in [2.75, 3.05) is 0 Å². The summed E-state index contributed by atoms with van der Waals surface area (Å²) in [6, 6.07) is 7.55. The van der Waals surface area contributed by atoms with Crippen molar-refractivity contribution in [3.8, 4) is 0 Å². The van der Waals surface area contributed by atoms with E-state index < -0.39 is 5.54 Å². The van der Waals surface area contributed by atoms with Gasteiger partial charge in [-0.1, -0.05) is 25.0 Å². The van der Waals surface area contributed by atoms with Gasteiger partial charge in [0.15, 0.2) is 5.65 Å². The number of carbonyl (C=O) groups is 2. The van der Waals surface area contributed by atoms with Gasteiger partial charge in [0.25, 0.3) is 0 Å². The maximum atomic E-state index is 13.6. The predicted octanol–water partition coefficient (Wildman–Crippen LogP) is 1.97. The Bertz CT molecular complexity index is 1350. The van der Waals surface area contributed by atoms with Gasteiger partial charge in [0.1, 0.15) is 17.9 Å². The molecule has 0 spiro atoms. The molecule has 1 saturated heterocycles. The number of rotatable bonds is 3. The van der Waals surface area contributed by atoms with Crippen molar-refractivity contribution >= 4 is 28.4 Å². The van der Waals surface area contributed by atoms with Gasteiger partial charge >= 0.3 is 5.69 Å². The smallest absolute Gasteiger partial charge is 0.349 e. The molecule has 3 aliphatic rings. The van der Waals surface area contributed by atoms with Crippen LogP contribution in [0.4, 0.5) is 0 Å². The minimum atomic E-state index is -0.980. The van der Waals surface area contributed by atoms with E-state index in [9.17, 15) is 14.4 Å². The van der Waals surface area contributed by atoms with E-state index in [1.54, 1.807) is 23.1 Å². The Kier molecular flexibility index (Phi) is 4.41. The van der Waals surface area contributed by atoms with Gasteiger partial charge in [0.05, 0.1) is 11.6 Å². The van der Waals surface area contributed by atoms with Crippen molar-refractivity contribution in [1.29, 1.82) is 0 Å². The fourth-order valence-corrected chi connectivity index (χ4v) is 5.60.